The van der Waals surface area contributed by atoms with Crippen molar-refractivity contribution in [3.63, 3.8) is 0 Å². The number of amides is 1. The molecule has 0 aliphatic carbocycles. The van der Waals surface area contributed by atoms with Crippen molar-refractivity contribution in [2.24, 2.45) is 7.05 Å². The second kappa shape index (κ2) is 6.36. The summed E-state index contributed by atoms with van der Waals surface area (Å²) in [4.78, 5) is 17.5. The largest absolute Gasteiger partial charge is 0.348 e. The molecule has 25 heavy (non-hydrogen) atoms. The number of nitrogens with one attached hydrogen (secondary N) is 2. The number of rotatable bonds is 5. The number of carbonyl (C=O) groups is 1. The first-order valence-corrected chi connectivity index (χ1v) is 8.40. The standard InChI is InChI=1S/C16H14N6O2S/c1-22-6-2-4-12(22)15-18-14(24-21-15)9-17-16(23)11-8-10(19-20-11)13-5-3-7-25-13/h2-8H,9H2,1H3,(H,17,23)(H,19,20). The quantitative estimate of drug-likeness (QED) is 0.573. The molecule has 9 heteroatoms. The minimum absolute atomic E-state index is 0.136. The molecule has 0 aliphatic heterocycles. The molecule has 0 bridgehead atoms. The molecule has 126 valence electrons. The molecule has 4 heterocycles. The minimum Gasteiger partial charge on any atom is -0.348 e. The highest BCUT2D eigenvalue weighted by Gasteiger charge is 2.15. The van der Waals surface area contributed by atoms with Crippen LogP contribution in [0.1, 0.15) is 16.4 Å². The average molecular weight is 354 g/mol. The van der Waals surface area contributed by atoms with Crippen molar-refractivity contribution in [2.75, 3.05) is 0 Å². The van der Waals surface area contributed by atoms with Crippen LogP contribution in [0.15, 0.2) is 46.4 Å². The Morgan fingerprint density at radius 2 is 2.32 bits per heavy atom. The van der Waals surface area contributed by atoms with Gasteiger partial charge in [0.25, 0.3) is 5.91 Å². The summed E-state index contributed by atoms with van der Waals surface area (Å²) in [5.41, 5.74) is 1.96. The lowest BCUT2D eigenvalue weighted by atomic mass is 10.3. The van der Waals surface area contributed by atoms with Crippen molar-refractivity contribution in [3.05, 3.63) is 53.5 Å². The Morgan fingerprint density at radius 1 is 1.40 bits per heavy atom. The molecule has 0 radical (unpaired) electrons. The molecule has 4 aromatic heterocycles. The fraction of sp³-hybridized carbons (Fsp3) is 0.125. The molecule has 0 spiro atoms. The Kier molecular flexibility index (Phi) is 3.90. The number of H-pyrrole nitrogens is 1. The minimum atomic E-state index is -0.308. The Hall–Kier alpha value is -3.20. The highest BCUT2D eigenvalue weighted by Crippen LogP contribution is 2.22. The van der Waals surface area contributed by atoms with E-state index in [9.17, 15) is 4.79 Å². The van der Waals surface area contributed by atoms with Gasteiger partial charge in [-0.2, -0.15) is 10.1 Å². The van der Waals surface area contributed by atoms with Crippen LogP contribution < -0.4 is 5.32 Å². The molecule has 0 fully saturated rings. The van der Waals surface area contributed by atoms with Crippen LogP contribution in [-0.2, 0) is 13.6 Å². The number of aromatic amines is 1. The number of aromatic nitrogens is 5. The molecule has 0 aromatic carbocycles. The molecular weight excluding hydrogens is 340 g/mol. The maximum Gasteiger partial charge on any atom is 0.272 e. The summed E-state index contributed by atoms with van der Waals surface area (Å²) >= 11 is 1.58. The highest BCUT2D eigenvalue weighted by atomic mass is 32.1. The predicted molar refractivity (Wildman–Crippen MR) is 91.8 cm³/mol. The summed E-state index contributed by atoms with van der Waals surface area (Å²) in [6.45, 7) is 0.136. The molecule has 2 N–H and O–H groups in total. The normalized spacial score (nSPS) is 10.9. The number of thiophene rings is 1. The van der Waals surface area contributed by atoms with Crippen molar-refractivity contribution in [2.45, 2.75) is 6.54 Å². The second-order valence-corrected chi connectivity index (χ2v) is 6.29. The molecular formula is C16H14N6O2S. The Labute approximate surface area is 146 Å². The van der Waals surface area contributed by atoms with E-state index in [1.807, 2.05) is 47.5 Å². The first kappa shape index (κ1) is 15.3. The van der Waals surface area contributed by atoms with E-state index in [4.69, 9.17) is 4.52 Å². The van der Waals surface area contributed by atoms with E-state index in [-0.39, 0.29) is 12.5 Å². The number of hydrogen-bond donors (Lipinski definition) is 2. The number of aryl methyl sites for hydroxylation is 1. The first-order chi connectivity index (χ1) is 12.2. The van der Waals surface area contributed by atoms with Crippen molar-refractivity contribution in [1.29, 1.82) is 0 Å². The van der Waals surface area contributed by atoms with Gasteiger partial charge in [0.1, 0.15) is 0 Å². The van der Waals surface area contributed by atoms with Crippen molar-refractivity contribution < 1.29 is 9.32 Å². The van der Waals surface area contributed by atoms with Gasteiger partial charge in [-0.05, 0) is 29.6 Å². The van der Waals surface area contributed by atoms with Crippen LogP contribution in [0.4, 0.5) is 0 Å². The van der Waals surface area contributed by atoms with Crippen molar-refractivity contribution in [3.8, 4) is 22.1 Å². The molecule has 1 amide bonds. The zero-order valence-corrected chi connectivity index (χ0v) is 14.1. The van der Waals surface area contributed by atoms with Gasteiger partial charge in [-0.15, -0.1) is 11.3 Å². The topological polar surface area (TPSA) is 102 Å². The summed E-state index contributed by atoms with van der Waals surface area (Å²) in [7, 11) is 1.90. The molecule has 0 aliphatic rings. The molecule has 4 rings (SSSR count). The zero-order chi connectivity index (χ0) is 17.2. The predicted octanol–water partition coefficient (Wildman–Crippen LogP) is 2.46. The Bertz CT molecular complexity index is 998. The second-order valence-electron chi connectivity index (χ2n) is 5.34. The third kappa shape index (κ3) is 3.09. The molecule has 0 saturated carbocycles. The van der Waals surface area contributed by atoms with Crippen molar-refractivity contribution >= 4 is 17.2 Å². The van der Waals surface area contributed by atoms with Crippen LogP contribution in [0, 0.1) is 0 Å². The van der Waals surface area contributed by atoms with Crippen LogP contribution in [0.3, 0.4) is 0 Å². The fourth-order valence-electron chi connectivity index (χ4n) is 2.37. The summed E-state index contributed by atoms with van der Waals surface area (Å²) in [5.74, 6) is 0.507. The molecule has 8 nitrogen and oxygen atoms in total. The molecule has 0 atom stereocenters. The zero-order valence-electron chi connectivity index (χ0n) is 13.3. The maximum atomic E-state index is 12.2. The molecule has 0 unspecified atom stereocenters. The van der Waals surface area contributed by atoms with E-state index < -0.39 is 0 Å². The lowest BCUT2D eigenvalue weighted by Gasteiger charge is -1.98. The Balaban J connectivity index is 1.41. The first-order valence-electron chi connectivity index (χ1n) is 7.52. The van der Waals surface area contributed by atoms with E-state index in [1.165, 1.54) is 0 Å². The summed E-state index contributed by atoms with van der Waals surface area (Å²) in [6.07, 6.45) is 1.90. The van der Waals surface area contributed by atoms with E-state index in [0.717, 1.165) is 16.3 Å². The van der Waals surface area contributed by atoms with Crippen LogP contribution in [0.5, 0.6) is 0 Å². The lowest BCUT2D eigenvalue weighted by Crippen LogP contribution is -2.23. The van der Waals surface area contributed by atoms with Crippen molar-refractivity contribution in [1.82, 2.24) is 30.2 Å². The number of carbonyl (C=O) groups excluding carboxylic acids is 1. The van der Waals surface area contributed by atoms with Gasteiger partial charge in [-0.25, -0.2) is 0 Å². The van der Waals surface area contributed by atoms with Gasteiger partial charge >= 0.3 is 0 Å². The van der Waals surface area contributed by atoms with Gasteiger partial charge < -0.3 is 14.4 Å². The van der Waals surface area contributed by atoms with E-state index in [1.54, 1.807) is 17.4 Å². The molecule has 0 saturated heterocycles. The van der Waals surface area contributed by atoms with Crippen LogP contribution in [0.25, 0.3) is 22.1 Å². The van der Waals surface area contributed by atoms with E-state index in [0.29, 0.717) is 17.4 Å². The third-order valence-corrected chi connectivity index (χ3v) is 4.54. The maximum absolute atomic E-state index is 12.2. The van der Waals surface area contributed by atoms with Gasteiger partial charge in [0, 0.05) is 13.2 Å². The number of hydrogen-bond acceptors (Lipinski definition) is 6. The van der Waals surface area contributed by atoms with Gasteiger partial charge in [-0.3, -0.25) is 9.89 Å². The fourth-order valence-corrected chi connectivity index (χ4v) is 3.06. The van der Waals surface area contributed by atoms with Gasteiger partial charge in [0.2, 0.25) is 11.7 Å². The van der Waals surface area contributed by atoms with Crippen LogP contribution in [-0.4, -0.2) is 30.8 Å². The summed E-state index contributed by atoms with van der Waals surface area (Å²) < 4.78 is 7.07. The third-order valence-electron chi connectivity index (χ3n) is 3.64. The lowest BCUT2D eigenvalue weighted by molar-refractivity contribution is 0.0941. The van der Waals surface area contributed by atoms with Gasteiger partial charge in [-0.1, -0.05) is 11.2 Å². The highest BCUT2D eigenvalue weighted by molar-refractivity contribution is 7.13. The summed E-state index contributed by atoms with van der Waals surface area (Å²) in [6, 6.07) is 9.41. The molecule has 4 aromatic rings. The van der Waals surface area contributed by atoms with Crippen LogP contribution >= 0.6 is 11.3 Å². The Morgan fingerprint density at radius 3 is 3.08 bits per heavy atom. The van der Waals surface area contributed by atoms with E-state index >= 15 is 0 Å². The van der Waals surface area contributed by atoms with Gasteiger partial charge in [0.15, 0.2) is 5.69 Å². The van der Waals surface area contributed by atoms with E-state index in [2.05, 4.69) is 25.7 Å². The smallest absolute Gasteiger partial charge is 0.272 e. The van der Waals surface area contributed by atoms with Crippen LogP contribution in [0.2, 0.25) is 0 Å². The number of nitrogens with zero attached hydrogens (tertiary/aromatic N) is 4. The SMILES string of the molecule is Cn1cccc1-c1noc(CNC(=O)c2cc(-c3cccs3)[nH]n2)n1. The summed E-state index contributed by atoms with van der Waals surface area (Å²) in [5, 5.41) is 15.5. The monoisotopic (exact) mass is 354 g/mol. The average Bonchev–Trinajstić information content (AvgIpc) is 3.37. The van der Waals surface area contributed by atoms with Gasteiger partial charge in [0.05, 0.1) is 22.8 Å².